The number of benzene rings is 1. The number of amides is 1. The molecule has 0 aliphatic heterocycles. The monoisotopic (exact) mass is 321 g/mol. The first kappa shape index (κ1) is 14.5. The minimum Gasteiger partial charge on any atom is -0.352 e. The summed E-state index contributed by atoms with van der Waals surface area (Å²) >= 11 is 9.18. The molecular weight excluding hydrogens is 308 g/mol. The molecule has 1 rings (SSSR count). The topological polar surface area (TPSA) is 29.1 Å². The molecule has 0 radical (unpaired) electrons. The summed E-state index contributed by atoms with van der Waals surface area (Å²) in [5.74, 6) is -0.987. The predicted molar refractivity (Wildman–Crippen MR) is 71.4 cm³/mol. The molecule has 0 heterocycles. The van der Waals surface area contributed by atoms with Gasteiger partial charge >= 0.3 is 0 Å². The van der Waals surface area contributed by atoms with E-state index in [2.05, 4.69) is 28.2 Å². The third kappa shape index (κ3) is 4.64. The van der Waals surface area contributed by atoms with Crippen LogP contribution in [0.25, 0.3) is 0 Å². The van der Waals surface area contributed by atoms with Crippen LogP contribution in [0, 0.1) is 5.82 Å². The first-order valence-electron chi connectivity index (χ1n) is 5.42. The average Bonchev–Trinajstić information content (AvgIpc) is 2.31. The average molecular weight is 323 g/mol. The van der Waals surface area contributed by atoms with Crippen molar-refractivity contribution in [2.45, 2.75) is 24.6 Å². The van der Waals surface area contributed by atoms with Crippen LogP contribution >= 0.6 is 27.5 Å². The number of hydrogen-bond donors (Lipinski definition) is 1. The summed E-state index contributed by atoms with van der Waals surface area (Å²) in [5.41, 5.74) is -0.0138. The third-order valence-electron chi connectivity index (χ3n) is 2.36. The van der Waals surface area contributed by atoms with E-state index in [4.69, 9.17) is 11.6 Å². The highest BCUT2D eigenvalue weighted by atomic mass is 79.9. The van der Waals surface area contributed by atoms with E-state index < -0.39 is 11.7 Å². The molecule has 1 N–H and O–H groups in total. The molecule has 0 spiro atoms. The fourth-order valence-electron chi connectivity index (χ4n) is 1.31. The van der Waals surface area contributed by atoms with E-state index in [1.807, 2.05) is 0 Å². The molecular formula is C12H14BrClFNO. The SMILES string of the molecule is CCC(Br)CCNC(=O)c1cc(Cl)ccc1F. The second-order valence-corrected chi connectivity index (χ2v) is 5.41. The van der Waals surface area contributed by atoms with Crippen LogP contribution in [0.2, 0.25) is 5.02 Å². The normalized spacial score (nSPS) is 12.2. The smallest absolute Gasteiger partial charge is 0.254 e. The van der Waals surface area contributed by atoms with Crippen molar-refractivity contribution in [3.8, 4) is 0 Å². The number of carbonyl (C=O) groups is 1. The second-order valence-electron chi connectivity index (χ2n) is 3.67. The third-order valence-corrected chi connectivity index (χ3v) is 3.70. The summed E-state index contributed by atoms with van der Waals surface area (Å²) in [5, 5.41) is 3.02. The van der Waals surface area contributed by atoms with Crippen molar-refractivity contribution in [2.24, 2.45) is 0 Å². The van der Waals surface area contributed by atoms with Crippen molar-refractivity contribution < 1.29 is 9.18 Å². The largest absolute Gasteiger partial charge is 0.352 e. The molecule has 1 amide bonds. The van der Waals surface area contributed by atoms with Crippen LogP contribution < -0.4 is 5.32 Å². The van der Waals surface area contributed by atoms with E-state index in [0.29, 0.717) is 16.4 Å². The Kier molecular flexibility index (Phi) is 5.92. The summed E-state index contributed by atoms with van der Waals surface area (Å²) < 4.78 is 13.3. The zero-order chi connectivity index (χ0) is 12.8. The van der Waals surface area contributed by atoms with Gasteiger partial charge in [0.25, 0.3) is 5.91 Å². The number of halogens is 3. The predicted octanol–water partition coefficient (Wildman–Crippen LogP) is 3.77. The lowest BCUT2D eigenvalue weighted by atomic mass is 10.2. The molecule has 2 nitrogen and oxygen atoms in total. The van der Waals surface area contributed by atoms with Gasteiger partial charge in [-0.3, -0.25) is 4.79 Å². The first-order valence-corrected chi connectivity index (χ1v) is 6.71. The van der Waals surface area contributed by atoms with E-state index in [-0.39, 0.29) is 5.56 Å². The second kappa shape index (κ2) is 6.97. The van der Waals surface area contributed by atoms with Crippen LogP contribution in [0.15, 0.2) is 18.2 Å². The zero-order valence-electron chi connectivity index (χ0n) is 9.47. The van der Waals surface area contributed by atoms with Gasteiger partial charge in [0.2, 0.25) is 0 Å². The van der Waals surface area contributed by atoms with Crippen LogP contribution in [-0.2, 0) is 0 Å². The van der Waals surface area contributed by atoms with Gasteiger partial charge in [-0.2, -0.15) is 0 Å². The number of alkyl halides is 1. The Morgan fingerprint density at radius 2 is 2.29 bits per heavy atom. The zero-order valence-corrected chi connectivity index (χ0v) is 11.8. The van der Waals surface area contributed by atoms with Gasteiger partial charge in [0.05, 0.1) is 5.56 Å². The quantitative estimate of drug-likeness (QED) is 0.821. The Hall–Kier alpha value is -0.610. The molecule has 17 heavy (non-hydrogen) atoms. The fourth-order valence-corrected chi connectivity index (χ4v) is 1.71. The molecule has 1 aromatic rings. The van der Waals surface area contributed by atoms with Crippen LogP contribution in [0.4, 0.5) is 4.39 Å². The van der Waals surface area contributed by atoms with Gasteiger partial charge in [-0.1, -0.05) is 34.5 Å². The minimum atomic E-state index is -0.558. The summed E-state index contributed by atoms with van der Waals surface area (Å²) in [6, 6.07) is 3.94. The lowest BCUT2D eigenvalue weighted by molar-refractivity contribution is 0.0949. The van der Waals surface area contributed by atoms with Crippen molar-refractivity contribution in [2.75, 3.05) is 6.54 Å². The summed E-state index contributed by atoms with van der Waals surface area (Å²) in [6.07, 6.45) is 1.80. The molecule has 1 aromatic carbocycles. The summed E-state index contributed by atoms with van der Waals surface area (Å²) in [6.45, 7) is 2.56. The van der Waals surface area contributed by atoms with Crippen LogP contribution in [0.1, 0.15) is 30.1 Å². The maximum atomic E-state index is 13.3. The Morgan fingerprint density at radius 3 is 2.94 bits per heavy atom. The Labute approximate surface area is 114 Å². The van der Waals surface area contributed by atoms with Gasteiger partial charge in [0.15, 0.2) is 0 Å². The number of carbonyl (C=O) groups excluding carboxylic acids is 1. The molecule has 0 saturated carbocycles. The Balaban J connectivity index is 2.55. The van der Waals surface area contributed by atoms with Crippen LogP contribution in [0.5, 0.6) is 0 Å². The fraction of sp³-hybridized carbons (Fsp3) is 0.417. The van der Waals surface area contributed by atoms with Gasteiger partial charge in [-0.25, -0.2) is 4.39 Å². The van der Waals surface area contributed by atoms with Gasteiger partial charge in [0.1, 0.15) is 5.82 Å². The molecule has 0 fully saturated rings. The van der Waals surface area contributed by atoms with Gasteiger partial charge in [0, 0.05) is 16.4 Å². The van der Waals surface area contributed by atoms with Gasteiger partial charge in [-0.05, 0) is 31.0 Å². The number of hydrogen-bond acceptors (Lipinski definition) is 1. The van der Waals surface area contributed by atoms with E-state index in [1.165, 1.54) is 18.2 Å². The maximum absolute atomic E-state index is 13.3. The van der Waals surface area contributed by atoms with Crippen molar-refractivity contribution in [3.05, 3.63) is 34.6 Å². The van der Waals surface area contributed by atoms with E-state index in [1.54, 1.807) is 0 Å². The molecule has 94 valence electrons. The van der Waals surface area contributed by atoms with Crippen molar-refractivity contribution >= 4 is 33.4 Å². The van der Waals surface area contributed by atoms with Crippen molar-refractivity contribution in [3.63, 3.8) is 0 Å². The van der Waals surface area contributed by atoms with Crippen molar-refractivity contribution in [1.82, 2.24) is 5.32 Å². The molecule has 1 atom stereocenters. The lowest BCUT2D eigenvalue weighted by Gasteiger charge is -2.09. The Bertz CT molecular complexity index is 400. The number of rotatable bonds is 5. The van der Waals surface area contributed by atoms with E-state index >= 15 is 0 Å². The van der Waals surface area contributed by atoms with Crippen molar-refractivity contribution in [1.29, 1.82) is 0 Å². The highest BCUT2D eigenvalue weighted by Crippen LogP contribution is 2.15. The van der Waals surface area contributed by atoms with Crippen LogP contribution in [-0.4, -0.2) is 17.3 Å². The highest BCUT2D eigenvalue weighted by molar-refractivity contribution is 9.09. The van der Waals surface area contributed by atoms with E-state index in [0.717, 1.165) is 12.8 Å². The molecule has 1 unspecified atom stereocenters. The molecule has 0 aliphatic rings. The van der Waals surface area contributed by atoms with Gasteiger partial charge < -0.3 is 5.32 Å². The molecule has 0 aromatic heterocycles. The molecule has 5 heteroatoms. The molecule has 0 saturated heterocycles. The molecule has 0 bridgehead atoms. The van der Waals surface area contributed by atoms with Gasteiger partial charge in [-0.15, -0.1) is 0 Å². The Morgan fingerprint density at radius 1 is 1.59 bits per heavy atom. The van der Waals surface area contributed by atoms with E-state index in [9.17, 15) is 9.18 Å². The summed E-state index contributed by atoms with van der Waals surface area (Å²) in [7, 11) is 0. The lowest BCUT2D eigenvalue weighted by Crippen LogP contribution is -2.26. The highest BCUT2D eigenvalue weighted by Gasteiger charge is 2.12. The maximum Gasteiger partial charge on any atom is 0.254 e. The molecule has 0 aliphatic carbocycles. The first-order chi connectivity index (χ1) is 8.04. The minimum absolute atomic E-state index is 0.0138. The van der Waals surface area contributed by atoms with Crippen LogP contribution in [0.3, 0.4) is 0 Å². The summed E-state index contributed by atoms with van der Waals surface area (Å²) in [4.78, 5) is 12.0. The standard InChI is InChI=1S/C12H14BrClFNO/c1-2-8(13)5-6-16-12(17)10-7-9(14)3-4-11(10)15/h3-4,7-8H,2,5-6H2,1H3,(H,16,17). The number of nitrogens with one attached hydrogen (secondary N) is 1.